The Balaban J connectivity index is 1.93. The van der Waals surface area contributed by atoms with E-state index in [4.69, 9.17) is 4.74 Å². The Morgan fingerprint density at radius 3 is 2.82 bits per heavy atom. The van der Waals surface area contributed by atoms with Crippen LogP contribution in [0.25, 0.3) is 0 Å². The first-order valence-electron chi connectivity index (χ1n) is 5.80. The summed E-state index contributed by atoms with van der Waals surface area (Å²) in [4.78, 5) is 10.6. The molecule has 0 aromatic heterocycles. The molecule has 2 heteroatoms. The molecule has 1 aliphatic carbocycles. The summed E-state index contributed by atoms with van der Waals surface area (Å²) in [6.07, 6.45) is 1.09. The fourth-order valence-corrected chi connectivity index (χ4v) is 2.02. The van der Waals surface area contributed by atoms with E-state index in [0.29, 0.717) is 5.92 Å². The lowest BCUT2D eigenvalue weighted by Gasteiger charge is -2.08. The van der Waals surface area contributed by atoms with Crippen LogP contribution in [0.4, 0.5) is 0 Å². The minimum Gasteiger partial charge on any atom is -0.453 e. The van der Waals surface area contributed by atoms with Crippen molar-refractivity contribution in [2.24, 2.45) is 5.92 Å². The van der Waals surface area contributed by atoms with Gasteiger partial charge in [-0.25, -0.2) is 0 Å². The Labute approximate surface area is 102 Å². The molecule has 2 rings (SSSR count). The fourth-order valence-electron chi connectivity index (χ4n) is 2.02. The molecule has 17 heavy (non-hydrogen) atoms. The Kier molecular flexibility index (Phi) is 3.19. The van der Waals surface area contributed by atoms with Crippen molar-refractivity contribution in [3.05, 3.63) is 35.9 Å². The van der Waals surface area contributed by atoms with E-state index >= 15 is 0 Å². The van der Waals surface area contributed by atoms with Crippen LogP contribution in [0.1, 0.15) is 25.8 Å². The van der Waals surface area contributed by atoms with Crippen molar-refractivity contribution in [3.8, 4) is 11.8 Å². The molecule has 1 aromatic rings. The molecule has 0 unspecified atom stereocenters. The first-order valence-corrected chi connectivity index (χ1v) is 5.80. The summed E-state index contributed by atoms with van der Waals surface area (Å²) in [5.41, 5.74) is 1.52. The summed E-state index contributed by atoms with van der Waals surface area (Å²) in [5, 5.41) is 0. The van der Waals surface area contributed by atoms with E-state index < -0.39 is 0 Å². The molecule has 0 amide bonds. The maximum atomic E-state index is 10.6. The summed E-state index contributed by atoms with van der Waals surface area (Å²) in [6, 6.07) is 10.4. The number of esters is 1. The van der Waals surface area contributed by atoms with Crippen LogP contribution < -0.4 is 0 Å². The molecule has 1 aromatic carbocycles. The van der Waals surface area contributed by atoms with Gasteiger partial charge in [0, 0.05) is 18.3 Å². The zero-order chi connectivity index (χ0) is 12.3. The lowest BCUT2D eigenvalue weighted by Crippen LogP contribution is -2.03. The van der Waals surface area contributed by atoms with E-state index in [-0.39, 0.29) is 18.0 Å². The number of carbonyl (C=O) groups is 1. The van der Waals surface area contributed by atoms with E-state index in [2.05, 4.69) is 43.0 Å². The molecule has 0 bridgehead atoms. The molecule has 88 valence electrons. The Morgan fingerprint density at radius 2 is 2.18 bits per heavy atom. The average Bonchev–Trinajstić information content (AvgIpc) is 2.99. The molecule has 0 radical (unpaired) electrons. The lowest BCUT2D eigenvalue weighted by molar-refractivity contribution is -0.139. The molecule has 0 heterocycles. The zero-order valence-corrected chi connectivity index (χ0v) is 10.2. The summed E-state index contributed by atoms with van der Waals surface area (Å²) >= 11 is 0. The molecular formula is C15H16O2. The normalized spacial score (nSPS) is 25.6. The first kappa shape index (κ1) is 11.7. The van der Waals surface area contributed by atoms with Gasteiger partial charge in [0.05, 0.1) is 0 Å². The van der Waals surface area contributed by atoms with Crippen molar-refractivity contribution in [1.82, 2.24) is 0 Å². The summed E-state index contributed by atoms with van der Waals surface area (Å²) in [7, 11) is 0. The van der Waals surface area contributed by atoms with Gasteiger partial charge < -0.3 is 4.74 Å². The smallest absolute Gasteiger partial charge is 0.303 e. The van der Waals surface area contributed by atoms with Crippen molar-refractivity contribution < 1.29 is 9.53 Å². The van der Waals surface area contributed by atoms with Crippen LogP contribution in [0.15, 0.2) is 30.3 Å². The average molecular weight is 228 g/mol. The minimum atomic E-state index is -0.277. The monoisotopic (exact) mass is 228 g/mol. The van der Waals surface area contributed by atoms with E-state index in [1.807, 2.05) is 6.07 Å². The third-order valence-electron chi connectivity index (χ3n) is 3.29. The number of hydrogen-bond donors (Lipinski definition) is 0. The molecule has 1 saturated carbocycles. The number of rotatable bonds is 2. The fraction of sp³-hybridized carbons (Fsp3) is 0.400. The van der Waals surface area contributed by atoms with E-state index in [1.165, 1.54) is 12.5 Å². The second-order valence-corrected chi connectivity index (χ2v) is 4.64. The molecule has 0 N–H and O–H groups in total. The minimum absolute atomic E-state index is 0.185. The van der Waals surface area contributed by atoms with Crippen molar-refractivity contribution >= 4 is 5.97 Å². The van der Waals surface area contributed by atoms with Gasteiger partial charge >= 0.3 is 5.97 Å². The van der Waals surface area contributed by atoms with Crippen LogP contribution in [0.2, 0.25) is 0 Å². The third kappa shape index (κ3) is 2.68. The van der Waals surface area contributed by atoms with Gasteiger partial charge in [0.25, 0.3) is 0 Å². The van der Waals surface area contributed by atoms with Gasteiger partial charge in [-0.2, -0.15) is 0 Å². The Hall–Kier alpha value is -1.75. The molecule has 0 spiro atoms. The topological polar surface area (TPSA) is 26.3 Å². The summed E-state index contributed by atoms with van der Waals surface area (Å²) in [5.74, 6) is 6.20. The molecular weight excluding hydrogens is 212 g/mol. The highest BCUT2D eigenvalue weighted by Gasteiger charge is 2.50. The molecule has 2 atom stereocenters. The van der Waals surface area contributed by atoms with Crippen LogP contribution in [0.3, 0.4) is 0 Å². The van der Waals surface area contributed by atoms with Gasteiger partial charge in [0.2, 0.25) is 0 Å². The van der Waals surface area contributed by atoms with Gasteiger partial charge in [0.15, 0.2) is 6.61 Å². The van der Waals surface area contributed by atoms with Crippen LogP contribution in [-0.4, -0.2) is 12.6 Å². The highest BCUT2D eigenvalue weighted by atomic mass is 16.5. The molecule has 1 aliphatic rings. The van der Waals surface area contributed by atoms with Gasteiger partial charge in [-0.05, 0) is 12.0 Å². The lowest BCUT2D eigenvalue weighted by atomic mass is 9.96. The maximum absolute atomic E-state index is 10.6. The predicted molar refractivity (Wildman–Crippen MR) is 66.3 cm³/mol. The van der Waals surface area contributed by atoms with Crippen LogP contribution in [0.5, 0.6) is 0 Å². The summed E-state index contributed by atoms with van der Waals surface area (Å²) in [6.45, 7) is 3.83. The number of hydrogen-bond acceptors (Lipinski definition) is 2. The summed E-state index contributed by atoms with van der Waals surface area (Å²) < 4.78 is 4.78. The van der Waals surface area contributed by atoms with Gasteiger partial charge in [-0.15, -0.1) is 0 Å². The van der Waals surface area contributed by atoms with Crippen LogP contribution in [0, 0.1) is 17.8 Å². The predicted octanol–water partition coefficient (Wildman–Crippen LogP) is 2.53. The van der Waals surface area contributed by atoms with Gasteiger partial charge in [-0.1, -0.05) is 49.1 Å². The van der Waals surface area contributed by atoms with Crippen molar-refractivity contribution in [2.45, 2.75) is 25.7 Å². The van der Waals surface area contributed by atoms with Crippen LogP contribution in [-0.2, 0) is 14.9 Å². The number of carbonyl (C=O) groups excluding carboxylic acids is 1. The standard InChI is InChI=1S/C15H16O2/c1-12(16)17-10-6-9-14-11-15(14,2)13-7-4-3-5-8-13/h3-5,7-8,14H,10-11H2,1-2H3/t14-,15+/m0/s1. The molecule has 0 saturated heterocycles. The zero-order valence-electron chi connectivity index (χ0n) is 10.2. The van der Waals surface area contributed by atoms with Crippen molar-refractivity contribution in [2.75, 3.05) is 6.61 Å². The Morgan fingerprint density at radius 1 is 1.47 bits per heavy atom. The Bertz CT molecular complexity index is 467. The van der Waals surface area contributed by atoms with E-state index in [1.54, 1.807) is 0 Å². The quantitative estimate of drug-likeness (QED) is 0.574. The third-order valence-corrected chi connectivity index (χ3v) is 3.29. The molecule has 1 fully saturated rings. The van der Waals surface area contributed by atoms with Crippen LogP contribution >= 0.6 is 0 Å². The number of ether oxygens (including phenoxy) is 1. The second kappa shape index (κ2) is 4.63. The van der Waals surface area contributed by atoms with Crippen molar-refractivity contribution in [3.63, 3.8) is 0 Å². The molecule has 0 aliphatic heterocycles. The largest absolute Gasteiger partial charge is 0.453 e. The second-order valence-electron chi connectivity index (χ2n) is 4.64. The molecule has 2 nitrogen and oxygen atoms in total. The van der Waals surface area contributed by atoms with Gasteiger partial charge in [-0.3, -0.25) is 4.79 Å². The van der Waals surface area contributed by atoms with Crippen molar-refractivity contribution in [1.29, 1.82) is 0 Å². The number of benzene rings is 1. The SMILES string of the molecule is CC(=O)OCC#C[C@H]1C[C@]1(C)c1ccccc1. The van der Waals surface area contributed by atoms with E-state index in [0.717, 1.165) is 6.42 Å². The first-order chi connectivity index (χ1) is 8.13. The highest BCUT2D eigenvalue weighted by Crippen LogP contribution is 2.53. The maximum Gasteiger partial charge on any atom is 0.303 e. The highest BCUT2D eigenvalue weighted by molar-refractivity contribution is 5.66. The van der Waals surface area contributed by atoms with Gasteiger partial charge in [0.1, 0.15) is 0 Å². The van der Waals surface area contributed by atoms with E-state index in [9.17, 15) is 4.79 Å².